The highest BCUT2D eigenvalue weighted by Crippen LogP contribution is 2.27. The van der Waals surface area contributed by atoms with Crippen LogP contribution in [0.2, 0.25) is 0 Å². The Kier molecular flexibility index (Phi) is 2.85. The summed E-state index contributed by atoms with van der Waals surface area (Å²) in [6, 6.07) is 2.18. The molecule has 0 aromatic heterocycles. The van der Waals surface area contributed by atoms with Gasteiger partial charge in [-0.25, -0.2) is 13.2 Å². The van der Waals surface area contributed by atoms with Gasteiger partial charge in [0, 0.05) is 0 Å². The molecule has 1 aromatic carbocycles. The first-order valence-corrected chi connectivity index (χ1v) is 4.22. The van der Waals surface area contributed by atoms with Gasteiger partial charge in [0.25, 0.3) is 0 Å². The van der Waals surface area contributed by atoms with Crippen molar-refractivity contribution in [3.8, 4) is 0 Å². The molecule has 4 heteroatoms. The third-order valence-corrected chi connectivity index (χ3v) is 2.04. The molecule has 0 amide bonds. The van der Waals surface area contributed by atoms with Crippen molar-refractivity contribution < 1.29 is 13.2 Å². The molecule has 0 fully saturated rings. The van der Waals surface area contributed by atoms with Crippen molar-refractivity contribution >= 4 is 0 Å². The smallest absolute Gasteiger partial charge is 0.159 e. The van der Waals surface area contributed by atoms with Gasteiger partial charge in [-0.1, -0.05) is 6.07 Å². The van der Waals surface area contributed by atoms with Gasteiger partial charge in [-0.05, 0) is 31.5 Å². The molecule has 0 spiro atoms. The maximum Gasteiger partial charge on any atom is 0.159 e. The summed E-state index contributed by atoms with van der Waals surface area (Å²) in [6.45, 7) is 2.58. The molecule has 14 heavy (non-hydrogen) atoms. The second-order valence-electron chi connectivity index (χ2n) is 3.72. The van der Waals surface area contributed by atoms with E-state index in [4.69, 9.17) is 5.73 Å². The van der Waals surface area contributed by atoms with E-state index in [1.165, 1.54) is 19.9 Å². The standard InChI is InChI=1S/C10H12F3N/c1-10(2,13)9(14)6-3-4-7(11)8(12)5-6/h3-5,9H,14H2,1-2H3. The zero-order valence-corrected chi connectivity index (χ0v) is 8.02. The number of hydrogen-bond acceptors (Lipinski definition) is 1. The van der Waals surface area contributed by atoms with Crippen molar-refractivity contribution in [2.24, 2.45) is 5.73 Å². The monoisotopic (exact) mass is 203 g/mol. The molecule has 2 N–H and O–H groups in total. The second kappa shape index (κ2) is 3.61. The lowest BCUT2D eigenvalue weighted by atomic mass is 9.94. The van der Waals surface area contributed by atoms with Gasteiger partial charge in [-0.3, -0.25) is 0 Å². The summed E-state index contributed by atoms with van der Waals surface area (Å²) in [5.41, 5.74) is 4.11. The Labute approximate surface area is 80.7 Å². The first-order valence-electron chi connectivity index (χ1n) is 4.22. The van der Waals surface area contributed by atoms with E-state index >= 15 is 0 Å². The largest absolute Gasteiger partial charge is 0.321 e. The van der Waals surface area contributed by atoms with Crippen LogP contribution in [0.3, 0.4) is 0 Å². The van der Waals surface area contributed by atoms with Gasteiger partial charge in [-0.2, -0.15) is 0 Å². The van der Waals surface area contributed by atoms with E-state index in [-0.39, 0.29) is 5.56 Å². The van der Waals surface area contributed by atoms with Crippen molar-refractivity contribution in [1.29, 1.82) is 0 Å². The molecule has 0 saturated heterocycles. The van der Waals surface area contributed by atoms with E-state index in [0.29, 0.717) is 0 Å². The number of benzene rings is 1. The lowest BCUT2D eigenvalue weighted by Crippen LogP contribution is -2.31. The van der Waals surface area contributed by atoms with Crippen LogP contribution in [0.5, 0.6) is 0 Å². The predicted octanol–water partition coefficient (Wildman–Crippen LogP) is 2.71. The molecule has 0 radical (unpaired) electrons. The molecule has 0 aliphatic heterocycles. The molecular weight excluding hydrogens is 191 g/mol. The second-order valence-corrected chi connectivity index (χ2v) is 3.72. The summed E-state index contributed by atoms with van der Waals surface area (Å²) >= 11 is 0. The minimum absolute atomic E-state index is 0.247. The molecule has 1 aromatic rings. The first kappa shape index (κ1) is 11.0. The van der Waals surface area contributed by atoms with Crippen molar-refractivity contribution in [3.05, 3.63) is 35.4 Å². The van der Waals surface area contributed by atoms with Crippen LogP contribution in [0.4, 0.5) is 13.2 Å². The fourth-order valence-corrected chi connectivity index (χ4v) is 1.10. The lowest BCUT2D eigenvalue weighted by Gasteiger charge is -2.23. The van der Waals surface area contributed by atoms with E-state index in [0.717, 1.165) is 12.1 Å². The van der Waals surface area contributed by atoms with Crippen molar-refractivity contribution in [1.82, 2.24) is 0 Å². The highest BCUT2D eigenvalue weighted by atomic mass is 19.2. The topological polar surface area (TPSA) is 26.0 Å². The van der Waals surface area contributed by atoms with Gasteiger partial charge < -0.3 is 5.73 Å². The van der Waals surface area contributed by atoms with Crippen LogP contribution in [0.1, 0.15) is 25.5 Å². The van der Waals surface area contributed by atoms with Crippen molar-refractivity contribution in [2.45, 2.75) is 25.6 Å². The number of halogens is 3. The zero-order chi connectivity index (χ0) is 10.9. The van der Waals surface area contributed by atoms with Crippen LogP contribution in [0.15, 0.2) is 18.2 Å². The normalized spacial score (nSPS) is 14.1. The average molecular weight is 203 g/mol. The van der Waals surface area contributed by atoms with E-state index in [2.05, 4.69) is 0 Å². The third-order valence-electron chi connectivity index (χ3n) is 2.04. The molecule has 0 saturated carbocycles. The van der Waals surface area contributed by atoms with Crippen LogP contribution in [0, 0.1) is 11.6 Å². The molecule has 1 nitrogen and oxygen atoms in total. The average Bonchev–Trinajstić information content (AvgIpc) is 2.07. The molecule has 1 rings (SSSR count). The number of hydrogen-bond donors (Lipinski definition) is 1. The third kappa shape index (κ3) is 2.26. The van der Waals surface area contributed by atoms with Crippen molar-refractivity contribution in [2.75, 3.05) is 0 Å². The number of alkyl halides is 1. The van der Waals surface area contributed by atoms with Crippen LogP contribution in [-0.4, -0.2) is 5.67 Å². The minimum atomic E-state index is -1.66. The molecule has 78 valence electrons. The highest BCUT2D eigenvalue weighted by molar-refractivity contribution is 5.23. The van der Waals surface area contributed by atoms with E-state index in [1.54, 1.807) is 0 Å². The van der Waals surface area contributed by atoms with Gasteiger partial charge in [0.2, 0.25) is 0 Å². The lowest BCUT2D eigenvalue weighted by molar-refractivity contribution is 0.174. The Morgan fingerprint density at radius 2 is 1.79 bits per heavy atom. The van der Waals surface area contributed by atoms with Gasteiger partial charge >= 0.3 is 0 Å². The number of nitrogens with two attached hydrogens (primary N) is 1. The van der Waals surface area contributed by atoms with Crippen LogP contribution >= 0.6 is 0 Å². The summed E-state index contributed by atoms with van der Waals surface area (Å²) in [6.07, 6.45) is 0. The summed E-state index contributed by atoms with van der Waals surface area (Å²) in [4.78, 5) is 0. The maximum atomic E-state index is 13.4. The summed E-state index contributed by atoms with van der Waals surface area (Å²) < 4.78 is 38.7. The van der Waals surface area contributed by atoms with Crippen molar-refractivity contribution in [3.63, 3.8) is 0 Å². The first-order chi connectivity index (χ1) is 6.32. The summed E-state index contributed by atoms with van der Waals surface area (Å²) in [5.74, 6) is -1.97. The Balaban J connectivity index is 3.03. The highest BCUT2D eigenvalue weighted by Gasteiger charge is 2.27. The number of rotatable bonds is 2. The molecule has 0 bridgehead atoms. The Hall–Kier alpha value is -1.03. The maximum absolute atomic E-state index is 13.4. The molecule has 0 aliphatic rings. The van der Waals surface area contributed by atoms with Crippen LogP contribution < -0.4 is 5.73 Å². The van der Waals surface area contributed by atoms with Crippen LogP contribution in [-0.2, 0) is 0 Å². The van der Waals surface area contributed by atoms with E-state index < -0.39 is 23.3 Å². The Morgan fingerprint density at radius 3 is 2.21 bits per heavy atom. The molecule has 0 heterocycles. The van der Waals surface area contributed by atoms with E-state index in [9.17, 15) is 13.2 Å². The fraction of sp³-hybridized carbons (Fsp3) is 0.400. The van der Waals surface area contributed by atoms with E-state index in [1.807, 2.05) is 0 Å². The minimum Gasteiger partial charge on any atom is -0.321 e. The van der Waals surface area contributed by atoms with Gasteiger partial charge in [-0.15, -0.1) is 0 Å². The molecule has 1 atom stereocenters. The Morgan fingerprint density at radius 1 is 1.21 bits per heavy atom. The molecule has 1 unspecified atom stereocenters. The van der Waals surface area contributed by atoms with Gasteiger partial charge in [0.1, 0.15) is 5.67 Å². The van der Waals surface area contributed by atoms with Gasteiger partial charge in [0.05, 0.1) is 6.04 Å². The SMILES string of the molecule is CC(C)(F)C(N)c1ccc(F)c(F)c1. The summed E-state index contributed by atoms with van der Waals surface area (Å²) in [7, 11) is 0. The van der Waals surface area contributed by atoms with Gasteiger partial charge in [0.15, 0.2) is 11.6 Å². The predicted molar refractivity (Wildman–Crippen MR) is 48.5 cm³/mol. The quantitative estimate of drug-likeness (QED) is 0.785. The van der Waals surface area contributed by atoms with Crippen LogP contribution in [0.25, 0.3) is 0 Å². The molecular formula is C10H12F3N. The Bertz CT molecular complexity index is 331. The fourth-order valence-electron chi connectivity index (χ4n) is 1.10. The molecule has 0 aliphatic carbocycles. The summed E-state index contributed by atoms with van der Waals surface area (Å²) in [5, 5.41) is 0. The zero-order valence-electron chi connectivity index (χ0n) is 8.02.